The number of nitrogens with zero attached hydrogens (tertiary/aromatic N) is 3. The van der Waals surface area contributed by atoms with Gasteiger partial charge in [-0.2, -0.15) is 5.10 Å². The van der Waals surface area contributed by atoms with Crippen molar-refractivity contribution < 1.29 is 0 Å². The van der Waals surface area contributed by atoms with E-state index < -0.39 is 0 Å². The van der Waals surface area contributed by atoms with Crippen LogP contribution in [-0.4, -0.2) is 14.8 Å². The largest absolute Gasteiger partial charge is 0.275 e. The van der Waals surface area contributed by atoms with E-state index in [9.17, 15) is 0 Å². The standard InChI is InChI=1S/C11H13N3S/c1-7-10(8-3-4-8)15-11(13-7)9-5-12-14(2)6-9/h5-6,8H,3-4H2,1-2H3. The Morgan fingerprint density at radius 2 is 2.27 bits per heavy atom. The molecule has 0 spiro atoms. The fourth-order valence-corrected chi connectivity index (χ4v) is 3.00. The van der Waals surface area contributed by atoms with Gasteiger partial charge in [-0.3, -0.25) is 4.68 Å². The summed E-state index contributed by atoms with van der Waals surface area (Å²) in [6.45, 7) is 2.12. The zero-order chi connectivity index (χ0) is 10.4. The van der Waals surface area contributed by atoms with Crippen LogP contribution in [0.4, 0.5) is 0 Å². The number of aryl methyl sites for hydroxylation is 2. The van der Waals surface area contributed by atoms with Crippen LogP contribution in [0.25, 0.3) is 10.6 Å². The molecule has 4 heteroatoms. The molecule has 0 bridgehead atoms. The van der Waals surface area contributed by atoms with Crippen LogP contribution in [0.15, 0.2) is 12.4 Å². The quantitative estimate of drug-likeness (QED) is 0.777. The van der Waals surface area contributed by atoms with Crippen molar-refractivity contribution in [2.24, 2.45) is 7.05 Å². The van der Waals surface area contributed by atoms with Gasteiger partial charge in [-0.15, -0.1) is 11.3 Å². The fourth-order valence-electron chi connectivity index (χ4n) is 1.79. The molecule has 2 aromatic heterocycles. The van der Waals surface area contributed by atoms with Crippen molar-refractivity contribution in [3.63, 3.8) is 0 Å². The molecule has 0 radical (unpaired) electrons. The molecule has 0 saturated heterocycles. The maximum atomic E-state index is 4.62. The van der Waals surface area contributed by atoms with Crippen LogP contribution in [-0.2, 0) is 7.05 Å². The van der Waals surface area contributed by atoms with E-state index in [2.05, 4.69) is 17.0 Å². The normalized spacial score (nSPS) is 15.9. The Kier molecular flexibility index (Phi) is 1.92. The molecule has 2 aromatic rings. The Labute approximate surface area is 92.8 Å². The van der Waals surface area contributed by atoms with Crippen LogP contribution in [0.3, 0.4) is 0 Å². The van der Waals surface area contributed by atoms with Crippen molar-refractivity contribution in [2.75, 3.05) is 0 Å². The van der Waals surface area contributed by atoms with Gasteiger partial charge in [0.2, 0.25) is 0 Å². The van der Waals surface area contributed by atoms with Crippen LogP contribution in [0.2, 0.25) is 0 Å². The maximum absolute atomic E-state index is 4.62. The van der Waals surface area contributed by atoms with Gasteiger partial charge in [-0.25, -0.2) is 4.98 Å². The lowest BCUT2D eigenvalue weighted by molar-refractivity contribution is 0.768. The summed E-state index contributed by atoms with van der Waals surface area (Å²) in [6, 6.07) is 0. The van der Waals surface area contributed by atoms with Crippen molar-refractivity contribution in [3.8, 4) is 10.6 Å². The minimum atomic E-state index is 0.799. The summed E-state index contributed by atoms with van der Waals surface area (Å²) in [5.74, 6) is 0.799. The molecule has 78 valence electrons. The minimum absolute atomic E-state index is 0.799. The van der Waals surface area contributed by atoms with Gasteiger partial charge in [0.15, 0.2) is 0 Å². The van der Waals surface area contributed by atoms with Gasteiger partial charge >= 0.3 is 0 Å². The molecule has 0 aromatic carbocycles. The van der Waals surface area contributed by atoms with E-state index in [4.69, 9.17) is 0 Å². The van der Waals surface area contributed by atoms with Crippen molar-refractivity contribution in [1.29, 1.82) is 0 Å². The lowest BCUT2D eigenvalue weighted by Crippen LogP contribution is -1.84. The third kappa shape index (κ3) is 1.59. The summed E-state index contributed by atoms with van der Waals surface area (Å²) < 4.78 is 1.82. The Morgan fingerprint density at radius 3 is 2.87 bits per heavy atom. The van der Waals surface area contributed by atoms with Crippen LogP contribution < -0.4 is 0 Å². The first-order valence-electron chi connectivity index (χ1n) is 5.20. The van der Waals surface area contributed by atoms with E-state index >= 15 is 0 Å². The average molecular weight is 219 g/mol. The zero-order valence-electron chi connectivity index (χ0n) is 8.90. The summed E-state index contributed by atoms with van der Waals surface area (Å²) in [5, 5.41) is 5.29. The Morgan fingerprint density at radius 1 is 1.47 bits per heavy atom. The molecular weight excluding hydrogens is 206 g/mol. The molecule has 1 fully saturated rings. The van der Waals surface area contributed by atoms with Crippen molar-refractivity contribution in [3.05, 3.63) is 23.0 Å². The van der Waals surface area contributed by atoms with Crippen LogP contribution in [0.5, 0.6) is 0 Å². The van der Waals surface area contributed by atoms with E-state index in [-0.39, 0.29) is 0 Å². The number of hydrogen-bond acceptors (Lipinski definition) is 3. The van der Waals surface area contributed by atoms with Gasteiger partial charge in [0.05, 0.1) is 11.9 Å². The van der Waals surface area contributed by atoms with E-state index in [0.29, 0.717) is 0 Å². The molecular formula is C11H13N3S. The molecule has 1 aliphatic carbocycles. The summed E-state index contributed by atoms with van der Waals surface area (Å²) >= 11 is 1.83. The highest BCUT2D eigenvalue weighted by Gasteiger charge is 2.28. The van der Waals surface area contributed by atoms with E-state index in [1.165, 1.54) is 23.4 Å². The second-order valence-corrected chi connectivity index (χ2v) is 5.18. The average Bonchev–Trinajstić information content (AvgIpc) is 2.84. The second-order valence-electron chi connectivity index (χ2n) is 4.15. The number of hydrogen-bond donors (Lipinski definition) is 0. The minimum Gasteiger partial charge on any atom is -0.275 e. The third-order valence-corrected chi connectivity index (χ3v) is 4.10. The van der Waals surface area contributed by atoms with Crippen LogP contribution >= 0.6 is 11.3 Å². The number of aromatic nitrogens is 3. The van der Waals surface area contributed by atoms with Gasteiger partial charge in [0.25, 0.3) is 0 Å². The molecule has 3 rings (SSSR count). The maximum Gasteiger partial charge on any atom is 0.127 e. The molecule has 0 amide bonds. The second kappa shape index (κ2) is 3.17. The molecule has 1 saturated carbocycles. The van der Waals surface area contributed by atoms with E-state index in [1.807, 2.05) is 35.5 Å². The van der Waals surface area contributed by atoms with E-state index in [1.54, 1.807) is 0 Å². The van der Waals surface area contributed by atoms with Crippen molar-refractivity contribution in [1.82, 2.24) is 14.8 Å². The predicted molar refractivity (Wildman–Crippen MR) is 61.0 cm³/mol. The lowest BCUT2D eigenvalue weighted by Gasteiger charge is -1.88. The van der Waals surface area contributed by atoms with Crippen LogP contribution in [0.1, 0.15) is 29.3 Å². The van der Waals surface area contributed by atoms with E-state index in [0.717, 1.165) is 16.5 Å². The summed E-state index contributed by atoms with van der Waals surface area (Å²) in [6.07, 6.45) is 6.59. The summed E-state index contributed by atoms with van der Waals surface area (Å²) in [5.41, 5.74) is 2.35. The smallest absolute Gasteiger partial charge is 0.127 e. The number of thiazole rings is 1. The molecule has 1 aliphatic rings. The van der Waals surface area contributed by atoms with Crippen molar-refractivity contribution >= 4 is 11.3 Å². The monoisotopic (exact) mass is 219 g/mol. The topological polar surface area (TPSA) is 30.7 Å². The first-order chi connectivity index (χ1) is 7.24. The fraction of sp³-hybridized carbons (Fsp3) is 0.455. The highest BCUT2D eigenvalue weighted by molar-refractivity contribution is 7.15. The molecule has 2 heterocycles. The Hall–Kier alpha value is -1.16. The summed E-state index contributed by atoms with van der Waals surface area (Å²) in [4.78, 5) is 6.10. The van der Waals surface area contributed by atoms with Gasteiger partial charge < -0.3 is 0 Å². The highest BCUT2D eigenvalue weighted by Crippen LogP contribution is 2.45. The van der Waals surface area contributed by atoms with Crippen molar-refractivity contribution in [2.45, 2.75) is 25.7 Å². The third-order valence-electron chi connectivity index (χ3n) is 2.73. The SMILES string of the molecule is Cc1nc(-c2cnn(C)c2)sc1C1CC1. The highest BCUT2D eigenvalue weighted by atomic mass is 32.1. The lowest BCUT2D eigenvalue weighted by atomic mass is 10.3. The first kappa shape index (κ1) is 9.09. The molecule has 15 heavy (non-hydrogen) atoms. The molecule has 0 unspecified atom stereocenters. The summed E-state index contributed by atoms with van der Waals surface area (Å²) in [7, 11) is 1.94. The first-order valence-corrected chi connectivity index (χ1v) is 6.02. The molecule has 0 aliphatic heterocycles. The Balaban J connectivity index is 2.01. The van der Waals surface area contributed by atoms with Gasteiger partial charge in [-0.05, 0) is 25.7 Å². The zero-order valence-corrected chi connectivity index (χ0v) is 9.71. The predicted octanol–water partition coefficient (Wildman–Crippen LogP) is 2.73. The van der Waals surface area contributed by atoms with Gasteiger partial charge in [0, 0.05) is 23.7 Å². The Bertz CT molecular complexity index is 494. The molecule has 3 nitrogen and oxygen atoms in total. The number of rotatable bonds is 2. The molecule has 0 atom stereocenters. The van der Waals surface area contributed by atoms with Crippen LogP contribution in [0, 0.1) is 6.92 Å². The van der Waals surface area contributed by atoms with Gasteiger partial charge in [0.1, 0.15) is 5.01 Å². The van der Waals surface area contributed by atoms with Gasteiger partial charge in [-0.1, -0.05) is 0 Å². The molecule has 0 N–H and O–H groups in total.